The molecule has 0 spiro atoms. The van der Waals surface area contributed by atoms with Crippen molar-refractivity contribution >= 4 is 16.6 Å². The highest BCUT2D eigenvalue weighted by atomic mass is 19.1. The molecule has 1 aromatic heterocycles. The number of aromatic amines is 1. The molecule has 1 heterocycles. The zero-order valence-corrected chi connectivity index (χ0v) is 14.1. The fourth-order valence-electron chi connectivity index (χ4n) is 2.61. The van der Waals surface area contributed by atoms with Gasteiger partial charge in [0, 0.05) is 23.3 Å². The highest BCUT2D eigenvalue weighted by Gasteiger charge is 2.14. The number of halogens is 1. The van der Waals surface area contributed by atoms with Crippen LogP contribution in [0, 0.1) is 5.82 Å². The summed E-state index contributed by atoms with van der Waals surface area (Å²) in [7, 11) is 0. The number of nitrogens with one attached hydrogen (secondary N) is 2. The number of anilines is 1. The Morgan fingerprint density at radius 2 is 1.75 bits per heavy atom. The highest BCUT2D eigenvalue weighted by Crippen LogP contribution is 2.25. The first-order valence-corrected chi connectivity index (χ1v) is 7.99. The molecule has 0 saturated heterocycles. The fourth-order valence-corrected chi connectivity index (χ4v) is 2.61. The number of aromatic nitrogens is 1. The van der Waals surface area contributed by atoms with Gasteiger partial charge in [-0.3, -0.25) is 4.79 Å². The molecule has 0 amide bonds. The lowest BCUT2D eigenvalue weighted by Gasteiger charge is -2.19. The molecule has 3 aromatic rings. The maximum atomic E-state index is 12.9. The van der Waals surface area contributed by atoms with Crippen LogP contribution in [-0.4, -0.2) is 4.98 Å². The lowest BCUT2D eigenvalue weighted by molar-refractivity contribution is 0.591. The van der Waals surface area contributed by atoms with E-state index in [9.17, 15) is 9.18 Å². The van der Waals surface area contributed by atoms with E-state index < -0.39 is 0 Å². The monoisotopic (exact) mass is 324 g/mol. The zero-order chi connectivity index (χ0) is 17.3. The summed E-state index contributed by atoms with van der Waals surface area (Å²) in [6.07, 6.45) is 0. The van der Waals surface area contributed by atoms with E-state index in [0.717, 1.165) is 16.6 Å². The summed E-state index contributed by atoms with van der Waals surface area (Å²) in [6.45, 7) is 6.88. The van der Waals surface area contributed by atoms with Crippen LogP contribution < -0.4 is 10.9 Å². The molecule has 0 fully saturated rings. The molecule has 0 unspecified atom stereocenters. The van der Waals surface area contributed by atoms with E-state index in [0.29, 0.717) is 12.1 Å². The number of hydrogen-bond donors (Lipinski definition) is 2. The molecule has 0 aliphatic heterocycles. The first-order chi connectivity index (χ1) is 11.3. The zero-order valence-electron chi connectivity index (χ0n) is 14.1. The van der Waals surface area contributed by atoms with Gasteiger partial charge in [-0.1, -0.05) is 26.8 Å². The molecule has 2 aromatic carbocycles. The van der Waals surface area contributed by atoms with Gasteiger partial charge in [-0.25, -0.2) is 4.39 Å². The van der Waals surface area contributed by atoms with Gasteiger partial charge in [0.2, 0.25) is 0 Å². The molecule has 124 valence electrons. The van der Waals surface area contributed by atoms with Gasteiger partial charge >= 0.3 is 0 Å². The highest BCUT2D eigenvalue weighted by molar-refractivity contribution is 5.80. The van der Waals surface area contributed by atoms with Crippen LogP contribution in [0.4, 0.5) is 10.1 Å². The number of rotatable bonds is 3. The molecule has 0 saturated carbocycles. The Hall–Kier alpha value is -2.62. The molecule has 3 nitrogen and oxygen atoms in total. The first-order valence-electron chi connectivity index (χ1n) is 7.99. The van der Waals surface area contributed by atoms with Gasteiger partial charge in [0.05, 0.1) is 0 Å². The number of fused-ring (bicyclic) bond motifs is 1. The van der Waals surface area contributed by atoms with Crippen LogP contribution in [0.15, 0.2) is 53.3 Å². The van der Waals surface area contributed by atoms with Crippen LogP contribution in [0.5, 0.6) is 0 Å². The normalized spacial score (nSPS) is 11.7. The van der Waals surface area contributed by atoms with Gasteiger partial charge in [0.25, 0.3) is 5.56 Å². The van der Waals surface area contributed by atoms with Crippen LogP contribution in [0.25, 0.3) is 10.9 Å². The van der Waals surface area contributed by atoms with Crippen molar-refractivity contribution < 1.29 is 4.39 Å². The van der Waals surface area contributed by atoms with E-state index in [1.807, 2.05) is 12.1 Å². The van der Waals surface area contributed by atoms with E-state index in [1.54, 1.807) is 12.1 Å². The second kappa shape index (κ2) is 6.11. The van der Waals surface area contributed by atoms with Crippen molar-refractivity contribution in [3.63, 3.8) is 0 Å². The average Bonchev–Trinajstić information content (AvgIpc) is 2.53. The minimum Gasteiger partial charge on any atom is -0.381 e. The minimum atomic E-state index is -0.279. The molecule has 0 bridgehead atoms. The third kappa shape index (κ3) is 3.48. The third-order valence-corrected chi connectivity index (χ3v) is 4.11. The summed E-state index contributed by atoms with van der Waals surface area (Å²) in [5.74, 6) is -0.279. The van der Waals surface area contributed by atoms with E-state index in [4.69, 9.17) is 0 Å². The van der Waals surface area contributed by atoms with Crippen LogP contribution in [0.3, 0.4) is 0 Å². The second-order valence-electron chi connectivity index (χ2n) is 7.04. The topological polar surface area (TPSA) is 44.9 Å². The summed E-state index contributed by atoms with van der Waals surface area (Å²) in [6, 6.07) is 14.1. The second-order valence-corrected chi connectivity index (χ2v) is 7.04. The minimum absolute atomic E-state index is 0.0524. The summed E-state index contributed by atoms with van der Waals surface area (Å²) in [5, 5.41) is 4.16. The Labute approximate surface area is 140 Å². The van der Waals surface area contributed by atoms with Crippen LogP contribution in [-0.2, 0) is 12.0 Å². The predicted octanol–water partition coefficient (Wildman–Crippen LogP) is 4.58. The van der Waals surface area contributed by atoms with Crippen LogP contribution in [0.2, 0.25) is 0 Å². The summed E-state index contributed by atoms with van der Waals surface area (Å²) in [5.41, 5.74) is 3.42. The van der Waals surface area contributed by atoms with Gasteiger partial charge in [0.1, 0.15) is 5.82 Å². The van der Waals surface area contributed by atoms with Gasteiger partial charge in [-0.05, 0) is 58.8 Å². The summed E-state index contributed by atoms with van der Waals surface area (Å²) < 4.78 is 12.9. The van der Waals surface area contributed by atoms with E-state index in [-0.39, 0.29) is 16.8 Å². The Morgan fingerprint density at radius 1 is 1.04 bits per heavy atom. The molecular weight excluding hydrogens is 303 g/mol. The Kier molecular flexibility index (Phi) is 4.14. The van der Waals surface area contributed by atoms with Crippen molar-refractivity contribution in [2.75, 3.05) is 5.32 Å². The Balaban J connectivity index is 1.91. The molecule has 4 heteroatoms. The van der Waals surface area contributed by atoms with Crippen molar-refractivity contribution in [1.29, 1.82) is 0 Å². The molecule has 0 aliphatic carbocycles. The van der Waals surface area contributed by atoms with Gasteiger partial charge in [-0.15, -0.1) is 0 Å². The van der Waals surface area contributed by atoms with Crippen molar-refractivity contribution in [1.82, 2.24) is 4.98 Å². The number of H-pyrrole nitrogens is 1. The standard InChI is InChI=1S/C20H21FN2O/c1-20(2,3)15-4-9-18-13(11-15)10-14(19(24)23-18)12-22-17-7-5-16(21)6-8-17/h4-11,22H,12H2,1-3H3,(H,23,24). The maximum Gasteiger partial charge on any atom is 0.253 e. The lowest BCUT2D eigenvalue weighted by Crippen LogP contribution is -2.16. The van der Waals surface area contributed by atoms with Gasteiger partial charge < -0.3 is 10.3 Å². The summed E-state index contributed by atoms with van der Waals surface area (Å²) in [4.78, 5) is 15.2. The molecule has 3 rings (SSSR count). The maximum absolute atomic E-state index is 12.9. The average molecular weight is 324 g/mol. The molecule has 0 aliphatic rings. The number of pyridine rings is 1. The molecular formula is C20H21FN2O. The van der Waals surface area contributed by atoms with Crippen molar-refractivity contribution in [3.8, 4) is 0 Å². The lowest BCUT2D eigenvalue weighted by atomic mass is 9.86. The van der Waals surface area contributed by atoms with Crippen LogP contribution in [0.1, 0.15) is 31.9 Å². The van der Waals surface area contributed by atoms with Gasteiger partial charge in [0.15, 0.2) is 0 Å². The molecule has 0 radical (unpaired) electrons. The molecule has 0 atom stereocenters. The van der Waals surface area contributed by atoms with E-state index >= 15 is 0 Å². The van der Waals surface area contributed by atoms with Crippen molar-refractivity contribution in [3.05, 3.63) is 75.8 Å². The quantitative estimate of drug-likeness (QED) is 0.741. The SMILES string of the molecule is CC(C)(C)c1ccc2[nH]c(=O)c(CNc3ccc(F)cc3)cc2c1. The van der Waals surface area contributed by atoms with E-state index in [2.05, 4.69) is 43.2 Å². The first kappa shape index (κ1) is 16.2. The Morgan fingerprint density at radius 3 is 2.42 bits per heavy atom. The Bertz CT molecular complexity index is 921. The predicted molar refractivity (Wildman–Crippen MR) is 97.0 cm³/mol. The number of benzene rings is 2. The number of hydrogen-bond acceptors (Lipinski definition) is 2. The smallest absolute Gasteiger partial charge is 0.253 e. The largest absolute Gasteiger partial charge is 0.381 e. The summed E-state index contributed by atoms with van der Waals surface area (Å²) >= 11 is 0. The third-order valence-electron chi connectivity index (χ3n) is 4.11. The fraction of sp³-hybridized carbons (Fsp3) is 0.250. The van der Waals surface area contributed by atoms with Gasteiger partial charge in [-0.2, -0.15) is 0 Å². The van der Waals surface area contributed by atoms with Crippen LogP contribution >= 0.6 is 0 Å². The van der Waals surface area contributed by atoms with Crippen molar-refractivity contribution in [2.45, 2.75) is 32.7 Å². The molecule has 2 N–H and O–H groups in total. The van der Waals surface area contributed by atoms with E-state index in [1.165, 1.54) is 17.7 Å². The van der Waals surface area contributed by atoms with Crippen molar-refractivity contribution in [2.24, 2.45) is 0 Å². The molecule has 24 heavy (non-hydrogen) atoms.